The largest absolute Gasteiger partial charge is 0.330 e. The highest BCUT2D eigenvalue weighted by Crippen LogP contribution is 2.08. The van der Waals surface area contributed by atoms with Gasteiger partial charge in [-0.15, -0.1) is 0 Å². The van der Waals surface area contributed by atoms with Crippen molar-refractivity contribution in [1.29, 1.82) is 0 Å². The Hall–Kier alpha value is -1.52. The number of unbranched alkanes of at least 4 members (excludes halogenated alkanes) is 1. The number of hydrogen-bond acceptors (Lipinski definition) is 4. The van der Waals surface area contributed by atoms with Gasteiger partial charge in [-0.25, -0.2) is 0 Å². The van der Waals surface area contributed by atoms with E-state index >= 15 is 0 Å². The van der Waals surface area contributed by atoms with Crippen LogP contribution < -0.4 is 11.5 Å². The van der Waals surface area contributed by atoms with Crippen LogP contribution >= 0.6 is 0 Å². The molecule has 0 saturated carbocycles. The standard InChI is InChI=1S/C13H19N3O/c14-9-5-4-8-12(15)13(17)10-16-11-6-2-1-3-7-11/h1-3,6-7,10,12H,4-5,8-9,14-15H2/t12-/m0/s1. The first-order chi connectivity index (χ1) is 8.24. The summed E-state index contributed by atoms with van der Waals surface area (Å²) in [5, 5.41) is 0. The number of nitrogens with zero attached hydrogens (tertiary/aromatic N) is 1. The van der Waals surface area contributed by atoms with Gasteiger partial charge in [0.25, 0.3) is 0 Å². The fourth-order valence-electron chi connectivity index (χ4n) is 1.40. The van der Waals surface area contributed by atoms with Gasteiger partial charge in [0.1, 0.15) is 0 Å². The third kappa shape index (κ3) is 5.38. The molecule has 4 heteroatoms. The number of ketones is 1. The number of aliphatic imine (C=N–C) groups is 1. The van der Waals surface area contributed by atoms with Crippen molar-refractivity contribution in [3.63, 3.8) is 0 Å². The van der Waals surface area contributed by atoms with Gasteiger partial charge >= 0.3 is 0 Å². The van der Waals surface area contributed by atoms with Crippen molar-refractivity contribution in [2.24, 2.45) is 16.5 Å². The van der Waals surface area contributed by atoms with Crippen molar-refractivity contribution in [1.82, 2.24) is 0 Å². The highest BCUT2D eigenvalue weighted by molar-refractivity contribution is 6.30. The van der Waals surface area contributed by atoms with E-state index in [9.17, 15) is 4.79 Å². The molecule has 0 saturated heterocycles. The van der Waals surface area contributed by atoms with E-state index in [-0.39, 0.29) is 5.78 Å². The second-order valence-electron chi connectivity index (χ2n) is 3.89. The van der Waals surface area contributed by atoms with E-state index in [0.717, 1.165) is 18.5 Å². The zero-order valence-corrected chi connectivity index (χ0v) is 9.88. The van der Waals surface area contributed by atoms with Crippen LogP contribution in [-0.2, 0) is 4.79 Å². The number of carbonyl (C=O) groups excluding carboxylic acids is 1. The summed E-state index contributed by atoms with van der Waals surface area (Å²) in [5.74, 6) is -0.133. The van der Waals surface area contributed by atoms with E-state index in [2.05, 4.69) is 4.99 Å². The zero-order valence-electron chi connectivity index (χ0n) is 9.88. The lowest BCUT2D eigenvalue weighted by Crippen LogP contribution is -2.31. The van der Waals surface area contributed by atoms with Gasteiger partial charge in [-0.1, -0.05) is 24.6 Å². The summed E-state index contributed by atoms with van der Waals surface area (Å²) in [5.41, 5.74) is 11.9. The van der Waals surface area contributed by atoms with Crippen molar-refractivity contribution < 1.29 is 4.79 Å². The van der Waals surface area contributed by atoms with Gasteiger partial charge in [-0.05, 0) is 31.5 Å². The molecule has 1 aromatic rings. The Bertz CT molecular complexity index is 362. The summed E-state index contributed by atoms with van der Waals surface area (Å²) in [6.07, 6.45) is 3.75. The number of Topliss-reactive ketones (excluding diaryl/α,β-unsaturated/α-hetero) is 1. The summed E-state index contributed by atoms with van der Waals surface area (Å²) in [6.45, 7) is 0.638. The predicted molar refractivity (Wildman–Crippen MR) is 70.5 cm³/mol. The SMILES string of the molecule is NCCCC[C@H](N)C(=O)C=Nc1ccccc1. The van der Waals surface area contributed by atoms with Crippen molar-refractivity contribution in [3.05, 3.63) is 30.3 Å². The van der Waals surface area contributed by atoms with Gasteiger partial charge in [-0.2, -0.15) is 0 Å². The molecule has 0 amide bonds. The van der Waals surface area contributed by atoms with Gasteiger partial charge in [0.2, 0.25) is 0 Å². The number of rotatable bonds is 7. The topological polar surface area (TPSA) is 81.5 Å². The van der Waals surface area contributed by atoms with Crippen LogP contribution in [0, 0.1) is 0 Å². The molecule has 0 unspecified atom stereocenters. The maximum atomic E-state index is 11.6. The van der Waals surface area contributed by atoms with Crippen molar-refractivity contribution >= 4 is 17.7 Å². The Morgan fingerprint density at radius 1 is 1.29 bits per heavy atom. The van der Waals surface area contributed by atoms with Gasteiger partial charge in [0.05, 0.1) is 17.9 Å². The number of benzene rings is 1. The zero-order chi connectivity index (χ0) is 12.5. The third-order valence-corrected chi connectivity index (χ3v) is 2.43. The Balaban J connectivity index is 2.40. The third-order valence-electron chi connectivity index (χ3n) is 2.43. The van der Waals surface area contributed by atoms with Crippen LogP contribution in [0.1, 0.15) is 19.3 Å². The highest BCUT2D eigenvalue weighted by Gasteiger charge is 2.09. The predicted octanol–water partition coefficient (Wildman–Crippen LogP) is 1.41. The second-order valence-corrected chi connectivity index (χ2v) is 3.89. The molecule has 0 spiro atoms. The molecule has 0 aliphatic heterocycles. The minimum Gasteiger partial charge on any atom is -0.330 e. The van der Waals surface area contributed by atoms with Crippen LogP contribution in [0.15, 0.2) is 35.3 Å². The van der Waals surface area contributed by atoms with Crippen molar-refractivity contribution in [2.45, 2.75) is 25.3 Å². The van der Waals surface area contributed by atoms with E-state index in [1.165, 1.54) is 6.21 Å². The summed E-state index contributed by atoms with van der Waals surface area (Å²) in [7, 11) is 0. The lowest BCUT2D eigenvalue weighted by molar-refractivity contribution is -0.113. The normalized spacial score (nSPS) is 12.8. The van der Waals surface area contributed by atoms with Crippen LogP contribution in [0.2, 0.25) is 0 Å². The summed E-state index contributed by atoms with van der Waals surface area (Å²) < 4.78 is 0. The molecule has 1 aromatic carbocycles. The van der Waals surface area contributed by atoms with E-state index < -0.39 is 6.04 Å². The second kappa shape index (κ2) is 7.70. The minimum atomic E-state index is -0.464. The quantitative estimate of drug-likeness (QED) is 0.552. The molecule has 0 aliphatic carbocycles. The maximum absolute atomic E-state index is 11.6. The summed E-state index contributed by atoms with van der Waals surface area (Å²) in [4.78, 5) is 15.7. The highest BCUT2D eigenvalue weighted by atomic mass is 16.1. The molecular formula is C13H19N3O. The van der Waals surface area contributed by atoms with Crippen LogP contribution in [0.5, 0.6) is 0 Å². The molecule has 0 fully saturated rings. The molecule has 0 aromatic heterocycles. The average Bonchev–Trinajstić information content (AvgIpc) is 2.37. The van der Waals surface area contributed by atoms with Gasteiger partial charge in [-0.3, -0.25) is 9.79 Å². The Morgan fingerprint density at radius 3 is 2.65 bits per heavy atom. The fourth-order valence-corrected chi connectivity index (χ4v) is 1.40. The first kappa shape index (κ1) is 13.5. The lowest BCUT2D eigenvalue weighted by atomic mass is 10.1. The molecule has 17 heavy (non-hydrogen) atoms. The van der Waals surface area contributed by atoms with Crippen molar-refractivity contribution in [3.8, 4) is 0 Å². The average molecular weight is 233 g/mol. The molecule has 0 aliphatic rings. The Morgan fingerprint density at radius 2 is 2.00 bits per heavy atom. The van der Waals surface area contributed by atoms with Crippen LogP contribution in [0.25, 0.3) is 0 Å². The van der Waals surface area contributed by atoms with E-state index in [0.29, 0.717) is 13.0 Å². The first-order valence-electron chi connectivity index (χ1n) is 5.82. The smallest absolute Gasteiger partial charge is 0.190 e. The molecule has 1 rings (SSSR count). The molecule has 4 N–H and O–H groups in total. The Kier molecular flexibility index (Phi) is 6.14. The van der Waals surface area contributed by atoms with Crippen LogP contribution in [0.4, 0.5) is 5.69 Å². The van der Waals surface area contributed by atoms with Gasteiger partial charge in [0, 0.05) is 0 Å². The van der Waals surface area contributed by atoms with Gasteiger partial charge in [0.15, 0.2) is 5.78 Å². The maximum Gasteiger partial charge on any atom is 0.190 e. The van der Waals surface area contributed by atoms with E-state index in [1.54, 1.807) is 0 Å². The summed E-state index contributed by atoms with van der Waals surface area (Å²) in [6, 6.07) is 8.86. The molecule has 0 radical (unpaired) electrons. The molecular weight excluding hydrogens is 214 g/mol. The Labute approximate surface area is 102 Å². The summed E-state index contributed by atoms with van der Waals surface area (Å²) >= 11 is 0. The van der Waals surface area contributed by atoms with E-state index in [1.807, 2.05) is 30.3 Å². The van der Waals surface area contributed by atoms with E-state index in [4.69, 9.17) is 11.5 Å². The monoisotopic (exact) mass is 233 g/mol. The molecule has 0 heterocycles. The van der Waals surface area contributed by atoms with Crippen LogP contribution in [0.3, 0.4) is 0 Å². The van der Waals surface area contributed by atoms with Crippen LogP contribution in [-0.4, -0.2) is 24.6 Å². The number of hydrogen-bond donors (Lipinski definition) is 2. The first-order valence-corrected chi connectivity index (χ1v) is 5.82. The van der Waals surface area contributed by atoms with Crippen molar-refractivity contribution in [2.75, 3.05) is 6.54 Å². The fraction of sp³-hybridized carbons (Fsp3) is 0.385. The lowest BCUT2D eigenvalue weighted by Gasteiger charge is -2.06. The number of carbonyl (C=O) groups is 1. The number of nitrogens with two attached hydrogens (primary N) is 2. The number of para-hydroxylation sites is 1. The molecule has 1 atom stereocenters. The molecule has 0 bridgehead atoms. The minimum absolute atomic E-state index is 0.133. The molecule has 4 nitrogen and oxygen atoms in total. The van der Waals surface area contributed by atoms with Gasteiger partial charge < -0.3 is 11.5 Å². The molecule has 92 valence electrons.